The van der Waals surface area contributed by atoms with Crippen LogP contribution in [-0.4, -0.2) is 34.7 Å². The summed E-state index contributed by atoms with van der Waals surface area (Å²) in [6.07, 6.45) is 2.87. The Kier molecular flexibility index (Phi) is 3.06. The first kappa shape index (κ1) is 8.51. The van der Waals surface area contributed by atoms with E-state index in [1.165, 1.54) is 7.11 Å². The Hall–Kier alpha value is -1.59. The number of ether oxygens (including phenoxy) is 1. The molecule has 6 nitrogen and oxygen atoms in total. The van der Waals surface area contributed by atoms with Crippen LogP contribution in [0.15, 0.2) is 12.4 Å². The van der Waals surface area contributed by atoms with Crippen LogP contribution in [0.2, 0.25) is 0 Å². The minimum absolute atomic E-state index is 0.435. The number of carbonyl (C=O) groups is 1. The number of alkyl carbamates (subject to hydrolysis) is 1. The van der Waals surface area contributed by atoms with Crippen molar-refractivity contribution in [1.82, 2.24) is 20.3 Å². The second-order valence-corrected chi connectivity index (χ2v) is 2.08. The van der Waals surface area contributed by atoms with Gasteiger partial charge in [0.2, 0.25) is 0 Å². The third-order valence-electron chi connectivity index (χ3n) is 1.27. The van der Waals surface area contributed by atoms with E-state index in [9.17, 15) is 4.79 Å². The molecule has 0 aliphatic heterocycles. The van der Waals surface area contributed by atoms with Crippen LogP contribution in [0.4, 0.5) is 4.79 Å². The molecular formula is C6H10N4O2. The van der Waals surface area contributed by atoms with Gasteiger partial charge in [0.15, 0.2) is 0 Å². The van der Waals surface area contributed by atoms with Gasteiger partial charge >= 0.3 is 6.09 Å². The maximum absolute atomic E-state index is 10.6. The molecule has 1 amide bonds. The topological polar surface area (TPSA) is 69.0 Å². The highest BCUT2D eigenvalue weighted by molar-refractivity contribution is 5.66. The van der Waals surface area contributed by atoms with E-state index in [-0.39, 0.29) is 0 Å². The van der Waals surface area contributed by atoms with E-state index < -0.39 is 6.09 Å². The van der Waals surface area contributed by atoms with Crippen molar-refractivity contribution in [3.63, 3.8) is 0 Å². The van der Waals surface area contributed by atoms with E-state index in [2.05, 4.69) is 20.4 Å². The number of hydrogen-bond acceptors (Lipinski definition) is 4. The summed E-state index contributed by atoms with van der Waals surface area (Å²) in [4.78, 5) is 10.6. The van der Waals surface area contributed by atoms with Crippen molar-refractivity contribution in [3.8, 4) is 0 Å². The van der Waals surface area contributed by atoms with Crippen molar-refractivity contribution < 1.29 is 9.53 Å². The zero-order valence-electron chi connectivity index (χ0n) is 6.73. The first-order valence-electron chi connectivity index (χ1n) is 3.49. The number of nitrogens with one attached hydrogen (secondary N) is 1. The molecule has 6 heteroatoms. The summed E-state index contributed by atoms with van der Waals surface area (Å²) >= 11 is 0. The van der Waals surface area contributed by atoms with Crippen molar-refractivity contribution in [3.05, 3.63) is 12.4 Å². The predicted molar refractivity (Wildman–Crippen MR) is 40.4 cm³/mol. The van der Waals surface area contributed by atoms with Crippen LogP contribution in [0.25, 0.3) is 0 Å². The van der Waals surface area contributed by atoms with Gasteiger partial charge < -0.3 is 10.1 Å². The fourth-order valence-electron chi connectivity index (χ4n) is 0.697. The summed E-state index contributed by atoms with van der Waals surface area (Å²) in [6.45, 7) is 1.07. The lowest BCUT2D eigenvalue weighted by atomic mass is 10.6. The van der Waals surface area contributed by atoms with Crippen LogP contribution in [0, 0.1) is 0 Å². The predicted octanol–water partition coefficient (Wildman–Crippen LogP) is -0.366. The minimum Gasteiger partial charge on any atom is -0.453 e. The maximum Gasteiger partial charge on any atom is 0.406 e. The average Bonchev–Trinajstić information content (AvgIpc) is 2.57. The van der Waals surface area contributed by atoms with E-state index in [4.69, 9.17) is 0 Å². The van der Waals surface area contributed by atoms with E-state index in [1.807, 2.05) is 0 Å². The van der Waals surface area contributed by atoms with Crippen molar-refractivity contribution in [1.29, 1.82) is 0 Å². The van der Waals surface area contributed by atoms with Gasteiger partial charge in [-0.3, -0.25) is 4.68 Å². The fourth-order valence-corrected chi connectivity index (χ4v) is 0.697. The van der Waals surface area contributed by atoms with Gasteiger partial charge in [0.25, 0.3) is 0 Å². The van der Waals surface area contributed by atoms with Crippen molar-refractivity contribution >= 4 is 6.09 Å². The largest absolute Gasteiger partial charge is 0.453 e. The van der Waals surface area contributed by atoms with Gasteiger partial charge in [-0.2, -0.15) is 0 Å². The SMILES string of the molecule is COC(=O)NCCn1ccnn1. The summed E-state index contributed by atoms with van der Waals surface area (Å²) in [5, 5.41) is 9.84. The Labute approximate surface area is 69.5 Å². The highest BCUT2D eigenvalue weighted by Crippen LogP contribution is 1.79. The van der Waals surface area contributed by atoms with E-state index in [0.29, 0.717) is 13.1 Å². The van der Waals surface area contributed by atoms with Gasteiger partial charge in [0.05, 0.1) is 19.9 Å². The van der Waals surface area contributed by atoms with Gasteiger partial charge in [-0.1, -0.05) is 5.21 Å². The van der Waals surface area contributed by atoms with Crippen LogP contribution in [-0.2, 0) is 11.3 Å². The molecule has 0 unspecified atom stereocenters. The summed E-state index contributed by atoms with van der Waals surface area (Å²) in [7, 11) is 1.32. The molecule has 1 aromatic heterocycles. The fraction of sp³-hybridized carbons (Fsp3) is 0.500. The molecule has 0 saturated heterocycles. The van der Waals surface area contributed by atoms with Crippen LogP contribution < -0.4 is 5.32 Å². The number of aromatic nitrogens is 3. The zero-order valence-corrected chi connectivity index (χ0v) is 6.73. The summed E-state index contributed by atoms with van der Waals surface area (Å²) < 4.78 is 6.00. The molecule has 0 fully saturated rings. The van der Waals surface area contributed by atoms with Crippen molar-refractivity contribution in [2.45, 2.75) is 6.54 Å². The first-order valence-corrected chi connectivity index (χ1v) is 3.49. The lowest BCUT2D eigenvalue weighted by molar-refractivity contribution is 0.170. The molecule has 0 aromatic carbocycles. The molecule has 1 N–H and O–H groups in total. The average molecular weight is 170 g/mol. The molecule has 0 atom stereocenters. The number of methoxy groups -OCH3 is 1. The highest BCUT2D eigenvalue weighted by atomic mass is 16.5. The Morgan fingerprint density at radius 1 is 1.75 bits per heavy atom. The first-order chi connectivity index (χ1) is 5.83. The lowest BCUT2D eigenvalue weighted by Gasteiger charge is -2.02. The van der Waals surface area contributed by atoms with E-state index in [1.54, 1.807) is 17.1 Å². The van der Waals surface area contributed by atoms with Crippen molar-refractivity contribution in [2.75, 3.05) is 13.7 Å². The lowest BCUT2D eigenvalue weighted by Crippen LogP contribution is -2.27. The Bertz CT molecular complexity index is 234. The molecule has 0 radical (unpaired) electrons. The second kappa shape index (κ2) is 4.32. The summed E-state index contributed by atoms with van der Waals surface area (Å²) in [6, 6.07) is 0. The molecule has 66 valence electrons. The minimum atomic E-state index is -0.435. The van der Waals surface area contributed by atoms with Crippen molar-refractivity contribution in [2.24, 2.45) is 0 Å². The third-order valence-corrected chi connectivity index (χ3v) is 1.27. The van der Waals surface area contributed by atoms with Crippen LogP contribution in [0.5, 0.6) is 0 Å². The quantitative estimate of drug-likeness (QED) is 0.672. The van der Waals surface area contributed by atoms with Crippen LogP contribution >= 0.6 is 0 Å². The molecule has 1 heterocycles. The van der Waals surface area contributed by atoms with Gasteiger partial charge in [-0.15, -0.1) is 5.10 Å². The molecule has 1 aromatic rings. The molecule has 12 heavy (non-hydrogen) atoms. The number of rotatable bonds is 3. The zero-order chi connectivity index (χ0) is 8.81. The number of carbonyl (C=O) groups excluding carboxylic acids is 1. The third kappa shape index (κ3) is 2.57. The second-order valence-electron chi connectivity index (χ2n) is 2.08. The standard InChI is InChI=1S/C6H10N4O2/c1-12-6(11)7-2-4-10-5-3-8-9-10/h3,5H,2,4H2,1H3,(H,7,11). The molecule has 0 aliphatic carbocycles. The van der Waals surface area contributed by atoms with Gasteiger partial charge in [0.1, 0.15) is 0 Å². The van der Waals surface area contributed by atoms with Gasteiger partial charge in [-0.05, 0) is 0 Å². The Morgan fingerprint density at radius 2 is 2.58 bits per heavy atom. The normalized spacial score (nSPS) is 9.42. The monoisotopic (exact) mass is 170 g/mol. The molecule has 0 bridgehead atoms. The van der Waals surface area contributed by atoms with E-state index >= 15 is 0 Å². The smallest absolute Gasteiger partial charge is 0.406 e. The van der Waals surface area contributed by atoms with Gasteiger partial charge in [0, 0.05) is 12.7 Å². The Balaban J connectivity index is 2.15. The van der Waals surface area contributed by atoms with E-state index in [0.717, 1.165) is 0 Å². The van der Waals surface area contributed by atoms with Crippen LogP contribution in [0.1, 0.15) is 0 Å². The number of hydrogen-bond donors (Lipinski definition) is 1. The number of nitrogens with zero attached hydrogens (tertiary/aromatic N) is 3. The van der Waals surface area contributed by atoms with Crippen LogP contribution in [0.3, 0.4) is 0 Å². The highest BCUT2D eigenvalue weighted by Gasteiger charge is 1.96. The van der Waals surface area contributed by atoms with Gasteiger partial charge in [-0.25, -0.2) is 4.79 Å². The Morgan fingerprint density at radius 3 is 3.17 bits per heavy atom. The summed E-state index contributed by atoms with van der Waals surface area (Å²) in [5.74, 6) is 0. The number of amides is 1. The maximum atomic E-state index is 10.6. The molecule has 0 aliphatic rings. The summed E-state index contributed by atoms with van der Waals surface area (Å²) in [5.41, 5.74) is 0. The molecule has 0 saturated carbocycles. The molecular weight excluding hydrogens is 160 g/mol. The molecule has 0 spiro atoms. The molecule has 1 rings (SSSR count).